The molecular formula is C3H9OPtSi. The van der Waals surface area contributed by atoms with Crippen LogP contribution in [0.4, 0.5) is 0 Å². The molecule has 1 nitrogen and oxygen atoms in total. The van der Waals surface area contributed by atoms with Crippen LogP contribution in [-0.2, 0) is 20.8 Å². The zero-order chi connectivity index (χ0) is 4.99. The molecule has 6 heavy (non-hydrogen) atoms. The quantitative estimate of drug-likeness (QED) is 0.649. The van der Waals surface area contributed by atoms with Crippen LogP contribution in [0.15, 0.2) is 11.0 Å². The molecule has 0 amide bonds. The van der Waals surface area contributed by atoms with Crippen molar-refractivity contribution in [1.82, 2.24) is 0 Å². The molecule has 0 aliphatic heterocycles. The Balaban J connectivity index is 2.96. The van der Waals surface area contributed by atoms with Gasteiger partial charge in [-0.15, -0.1) is 0 Å². The number of hydrogen-bond acceptors (Lipinski definition) is 1. The average molecular weight is 284 g/mol. The molecule has 0 saturated carbocycles. The first-order chi connectivity index (χ1) is 2.81. The van der Waals surface area contributed by atoms with Gasteiger partial charge in [0.2, 0.25) is 0 Å². The van der Waals surface area contributed by atoms with Crippen molar-refractivity contribution >= 4 is 10.5 Å². The molecule has 0 heterocycles. The molecule has 0 saturated heterocycles. The van der Waals surface area contributed by atoms with Gasteiger partial charge in [-0.05, 0) is 0 Å². The van der Waals surface area contributed by atoms with Crippen LogP contribution in [0.2, 0.25) is 5.31 Å². The first kappa shape index (κ1) is 6.61. The zero-order valence-electron chi connectivity index (χ0n) is 4.01. The molecule has 0 aromatic rings. The third kappa shape index (κ3) is 2.82. The predicted molar refractivity (Wildman–Crippen MR) is 27.1 cm³/mol. The van der Waals surface area contributed by atoms with Crippen LogP contribution in [0.3, 0.4) is 0 Å². The molecule has 0 rings (SSSR count). The van der Waals surface area contributed by atoms with Crippen LogP contribution in [-0.4, -0.2) is 10.5 Å². The molecule has 0 aliphatic rings. The Morgan fingerprint density at radius 3 is 2.50 bits per heavy atom. The summed E-state index contributed by atoms with van der Waals surface area (Å²) in [5.74, 6) is 0. The molecule has 0 radical (unpaired) electrons. The summed E-state index contributed by atoms with van der Waals surface area (Å²) in [5.41, 5.74) is 0. The topological polar surface area (TPSA) is 9.23 Å². The summed E-state index contributed by atoms with van der Waals surface area (Å²) in [4.78, 5) is 0. The maximum absolute atomic E-state index is 5.08. The predicted octanol–water partition coefficient (Wildman–Crippen LogP) is 0.00820. The van der Waals surface area contributed by atoms with E-state index < -0.39 is 17.7 Å². The van der Waals surface area contributed by atoms with Gasteiger partial charge in [-0.25, -0.2) is 0 Å². The monoisotopic (exact) mass is 284 g/mol. The molecule has 0 unspecified atom stereocenters. The Bertz CT molecular complexity index is 48.1. The van der Waals surface area contributed by atoms with Gasteiger partial charge in [-0.2, -0.15) is 0 Å². The third-order valence-corrected chi connectivity index (χ3v) is 6.49. The number of hydrogen-bond donors (Lipinski definition) is 0. The summed E-state index contributed by atoms with van der Waals surface area (Å²) in [6.45, 7) is 3.60. The van der Waals surface area contributed by atoms with Gasteiger partial charge in [0.15, 0.2) is 0 Å². The first-order valence-electron chi connectivity index (χ1n) is 1.44. The van der Waals surface area contributed by atoms with Gasteiger partial charge in [-0.3, -0.25) is 0 Å². The first-order valence-corrected chi connectivity index (χ1v) is 6.77. The normalized spacial score (nSPS) is 11.2. The van der Waals surface area contributed by atoms with Crippen LogP contribution in [0.25, 0.3) is 0 Å². The molecule has 0 N–H and O–H groups in total. The summed E-state index contributed by atoms with van der Waals surface area (Å²) in [7, 11) is 0.881. The van der Waals surface area contributed by atoms with E-state index in [1.165, 1.54) is 0 Å². The van der Waals surface area contributed by atoms with E-state index in [2.05, 4.69) is 11.9 Å². The molecule has 0 aromatic heterocycles. The van der Waals surface area contributed by atoms with Gasteiger partial charge in [0, 0.05) is 0 Å². The summed E-state index contributed by atoms with van der Waals surface area (Å²) < 4.78 is 7.02. The van der Waals surface area contributed by atoms with E-state index in [1.54, 1.807) is 0 Å². The van der Waals surface area contributed by atoms with Crippen molar-refractivity contribution < 1.29 is 20.8 Å². The zero-order valence-corrected chi connectivity index (χ0v) is 8.28. The Morgan fingerprint density at radius 1 is 2.00 bits per heavy atom. The van der Waals surface area contributed by atoms with E-state index >= 15 is 0 Å². The second-order valence-electron chi connectivity index (χ2n) is 0.644. The van der Waals surface area contributed by atoms with Crippen LogP contribution >= 0.6 is 0 Å². The van der Waals surface area contributed by atoms with Crippen LogP contribution in [0.5, 0.6) is 0 Å². The Kier molecular flexibility index (Phi) is 4.17. The van der Waals surface area contributed by atoms with Gasteiger partial charge in [0.1, 0.15) is 0 Å². The molecule has 3 heteroatoms. The molecule has 0 atom stereocenters. The van der Waals surface area contributed by atoms with Crippen LogP contribution in [0, 0.1) is 0 Å². The van der Waals surface area contributed by atoms with E-state index in [9.17, 15) is 0 Å². The molecular weight excluding hydrogens is 275 g/mol. The second kappa shape index (κ2) is 3.78. The van der Waals surface area contributed by atoms with Crippen molar-refractivity contribution in [2.45, 2.75) is 5.31 Å². The maximum atomic E-state index is 5.08. The second-order valence-corrected chi connectivity index (χ2v) is 7.39. The van der Waals surface area contributed by atoms with E-state index in [0.29, 0.717) is 0 Å². The molecule has 0 aromatic carbocycles. The van der Waals surface area contributed by atoms with Gasteiger partial charge in [0.05, 0.1) is 0 Å². The van der Waals surface area contributed by atoms with Crippen molar-refractivity contribution in [3.05, 3.63) is 11.0 Å². The van der Waals surface area contributed by atoms with Crippen molar-refractivity contribution in [3.63, 3.8) is 0 Å². The number of rotatable bonds is 2. The molecule has 41 valence electrons. The van der Waals surface area contributed by atoms with E-state index in [-0.39, 0.29) is 0 Å². The van der Waals surface area contributed by atoms with E-state index in [1.807, 2.05) is 4.47 Å². The molecule has 0 spiro atoms. The molecule has 0 bridgehead atoms. The minimum atomic E-state index is -0.981. The van der Waals surface area contributed by atoms with Gasteiger partial charge >= 0.3 is 47.6 Å². The summed E-state index contributed by atoms with van der Waals surface area (Å²) >= 11 is -0.981. The fourth-order valence-electron chi connectivity index (χ4n) is 0.0527. The van der Waals surface area contributed by atoms with Crippen molar-refractivity contribution in [3.8, 4) is 0 Å². The Hall–Kier alpha value is 0.605. The van der Waals surface area contributed by atoms with Crippen molar-refractivity contribution in [2.75, 3.05) is 0 Å². The van der Waals surface area contributed by atoms with Gasteiger partial charge < -0.3 is 0 Å². The van der Waals surface area contributed by atoms with Crippen LogP contribution in [0.1, 0.15) is 0 Å². The molecule has 0 aliphatic carbocycles. The molecule has 0 fully saturated rings. The average Bonchev–Trinajstić information content (AvgIpc) is 1.65. The van der Waals surface area contributed by atoms with E-state index in [0.717, 1.165) is 10.5 Å². The summed E-state index contributed by atoms with van der Waals surface area (Å²) in [5, 5.41) is 2.13. The van der Waals surface area contributed by atoms with Crippen LogP contribution < -0.4 is 0 Å². The van der Waals surface area contributed by atoms with Gasteiger partial charge in [0.25, 0.3) is 0 Å². The minimum absolute atomic E-state index is 0.881. The van der Waals surface area contributed by atoms with E-state index in [4.69, 9.17) is 3.08 Å². The standard InChI is InChI=1S/C2H3.CH3.H3OSi.Pt/c1-2;;1-2;/h1H,2H2;1H3;2H3;/q;;-1;+1. The summed E-state index contributed by atoms with van der Waals surface area (Å²) in [6.07, 6.45) is 0. The fourth-order valence-corrected chi connectivity index (χ4v) is 1.29. The summed E-state index contributed by atoms with van der Waals surface area (Å²) in [6, 6.07) is 0. The third-order valence-electron chi connectivity index (χ3n) is 0.385. The Morgan fingerprint density at radius 2 is 2.50 bits per heavy atom. The van der Waals surface area contributed by atoms with Gasteiger partial charge in [-0.1, -0.05) is 0 Å². The Labute approximate surface area is 48.0 Å². The van der Waals surface area contributed by atoms with Crippen molar-refractivity contribution in [2.24, 2.45) is 0 Å². The fraction of sp³-hybridized carbons (Fsp3) is 0.333. The SMILES string of the molecule is C=[CH][Pt]([CH3])[O][SiH3]. The van der Waals surface area contributed by atoms with Crippen molar-refractivity contribution in [1.29, 1.82) is 0 Å².